The standard InChI is InChI=1S/C19H23N3O6/c1-2-27-14-5-3-13(4-6-14)18-20-16(28-22-18)8-7-15(23)21-19(11-17(24)25)9-10-26-12-19/h3-6H,2,7-12H2,1H3,(H,21,23)(H,24,25). The summed E-state index contributed by atoms with van der Waals surface area (Å²) < 4.78 is 15.9. The molecule has 2 N–H and O–H groups in total. The van der Waals surface area contributed by atoms with Crippen molar-refractivity contribution in [2.24, 2.45) is 0 Å². The molecule has 0 aliphatic carbocycles. The largest absolute Gasteiger partial charge is 0.494 e. The van der Waals surface area contributed by atoms with Gasteiger partial charge < -0.3 is 24.4 Å². The number of carbonyl (C=O) groups is 2. The van der Waals surface area contributed by atoms with Crippen molar-refractivity contribution in [1.82, 2.24) is 15.5 Å². The number of nitrogens with one attached hydrogen (secondary N) is 1. The fraction of sp³-hybridized carbons (Fsp3) is 0.474. The highest BCUT2D eigenvalue weighted by atomic mass is 16.5. The molecule has 0 bridgehead atoms. The van der Waals surface area contributed by atoms with Crippen LogP contribution >= 0.6 is 0 Å². The Hall–Kier alpha value is -2.94. The van der Waals surface area contributed by atoms with Gasteiger partial charge in [0.2, 0.25) is 17.6 Å². The van der Waals surface area contributed by atoms with Crippen molar-refractivity contribution in [1.29, 1.82) is 0 Å². The van der Waals surface area contributed by atoms with Crippen LogP contribution in [0.25, 0.3) is 11.4 Å². The number of hydrogen-bond donors (Lipinski definition) is 2. The third-order valence-electron chi connectivity index (χ3n) is 4.46. The number of rotatable bonds is 9. The quantitative estimate of drug-likeness (QED) is 0.665. The van der Waals surface area contributed by atoms with Gasteiger partial charge >= 0.3 is 5.97 Å². The molecule has 2 heterocycles. The first-order chi connectivity index (χ1) is 13.5. The van der Waals surface area contributed by atoms with E-state index in [9.17, 15) is 9.59 Å². The zero-order chi connectivity index (χ0) is 20.0. The maximum absolute atomic E-state index is 12.3. The predicted octanol–water partition coefficient (Wildman–Crippen LogP) is 1.82. The first kappa shape index (κ1) is 19.8. The van der Waals surface area contributed by atoms with Crippen molar-refractivity contribution in [3.8, 4) is 17.1 Å². The summed E-state index contributed by atoms with van der Waals surface area (Å²) in [5, 5.41) is 15.8. The molecule has 1 atom stereocenters. The van der Waals surface area contributed by atoms with Gasteiger partial charge in [0.15, 0.2) is 0 Å². The highest BCUT2D eigenvalue weighted by Gasteiger charge is 2.38. The summed E-state index contributed by atoms with van der Waals surface area (Å²) in [6.45, 7) is 3.14. The van der Waals surface area contributed by atoms with E-state index in [2.05, 4.69) is 15.5 Å². The second-order valence-corrected chi connectivity index (χ2v) is 6.67. The van der Waals surface area contributed by atoms with E-state index in [1.54, 1.807) is 0 Å². The summed E-state index contributed by atoms with van der Waals surface area (Å²) in [5.74, 6) is 0.298. The molecule has 1 aromatic carbocycles. The Labute approximate surface area is 162 Å². The van der Waals surface area contributed by atoms with E-state index >= 15 is 0 Å². The number of benzene rings is 1. The third kappa shape index (κ3) is 5.07. The molecule has 1 aliphatic rings. The maximum atomic E-state index is 12.3. The smallest absolute Gasteiger partial charge is 0.305 e. The van der Waals surface area contributed by atoms with Crippen LogP contribution in [-0.2, 0) is 20.7 Å². The van der Waals surface area contributed by atoms with Crippen LogP contribution in [0, 0.1) is 0 Å². The summed E-state index contributed by atoms with van der Waals surface area (Å²) in [7, 11) is 0. The van der Waals surface area contributed by atoms with Crippen LogP contribution in [0.5, 0.6) is 5.75 Å². The lowest BCUT2D eigenvalue weighted by atomic mass is 9.94. The molecule has 1 aromatic heterocycles. The fourth-order valence-corrected chi connectivity index (χ4v) is 3.10. The molecule has 3 rings (SSSR count). The zero-order valence-electron chi connectivity index (χ0n) is 15.6. The average molecular weight is 389 g/mol. The maximum Gasteiger partial charge on any atom is 0.305 e. The molecular weight excluding hydrogens is 366 g/mol. The molecule has 2 aromatic rings. The Balaban J connectivity index is 1.55. The molecular formula is C19H23N3O6. The molecule has 0 saturated carbocycles. The number of nitrogens with zero attached hydrogens (tertiary/aromatic N) is 2. The lowest BCUT2D eigenvalue weighted by Gasteiger charge is -2.26. The van der Waals surface area contributed by atoms with Crippen LogP contribution < -0.4 is 10.1 Å². The Morgan fingerprint density at radius 2 is 2.11 bits per heavy atom. The molecule has 1 amide bonds. The van der Waals surface area contributed by atoms with E-state index in [4.69, 9.17) is 19.1 Å². The lowest BCUT2D eigenvalue weighted by Crippen LogP contribution is -2.50. The van der Waals surface area contributed by atoms with Gasteiger partial charge in [-0.05, 0) is 37.6 Å². The molecule has 1 fully saturated rings. The molecule has 9 heteroatoms. The third-order valence-corrected chi connectivity index (χ3v) is 4.46. The van der Waals surface area contributed by atoms with E-state index in [-0.39, 0.29) is 31.8 Å². The molecule has 9 nitrogen and oxygen atoms in total. The molecule has 1 aliphatic heterocycles. The van der Waals surface area contributed by atoms with Gasteiger partial charge in [0.1, 0.15) is 5.75 Å². The summed E-state index contributed by atoms with van der Waals surface area (Å²) >= 11 is 0. The van der Waals surface area contributed by atoms with E-state index < -0.39 is 11.5 Å². The van der Waals surface area contributed by atoms with Crippen LogP contribution in [0.4, 0.5) is 0 Å². The Bertz CT molecular complexity index is 811. The first-order valence-corrected chi connectivity index (χ1v) is 9.16. The van der Waals surface area contributed by atoms with Crippen molar-refractivity contribution in [2.45, 2.75) is 38.1 Å². The number of aliphatic carboxylic acids is 1. The van der Waals surface area contributed by atoms with Gasteiger partial charge in [-0.1, -0.05) is 5.16 Å². The Morgan fingerprint density at radius 3 is 2.75 bits per heavy atom. The van der Waals surface area contributed by atoms with Crippen molar-refractivity contribution in [3.63, 3.8) is 0 Å². The topological polar surface area (TPSA) is 124 Å². The van der Waals surface area contributed by atoms with Gasteiger partial charge in [-0.3, -0.25) is 9.59 Å². The molecule has 150 valence electrons. The Morgan fingerprint density at radius 1 is 1.32 bits per heavy atom. The average Bonchev–Trinajstić information content (AvgIpc) is 3.30. The number of carboxylic acids is 1. The highest BCUT2D eigenvalue weighted by molar-refractivity contribution is 5.78. The van der Waals surface area contributed by atoms with Crippen LogP contribution in [0.15, 0.2) is 28.8 Å². The number of aryl methyl sites for hydroxylation is 1. The van der Waals surface area contributed by atoms with E-state index in [0.717, 1.165) is 11.3 Å². The number of ether oxygens (including phenoxy) is 2. The fourth-order valence-electron chi connectivity index (χ4n) is 3.10. The van der Waals surface area contributed by atoms with Crippen molar-refractivity contribution in [2.75, 3.05) is 19.8 Å². The molecule has 28 heavy (non-hydrogen) atoms. The summed E-state index contributed by atoms with van der Waals surface area (Å²) in [5.41, 5.74) is -0.0583. The summed E-state index contributed by atoms with van der Waals surface area (Å²) in [6.07, 6.45) is 0.695. The van der Waals surface area contributed by atoms with Crippen molar-refractivity contribution in [3.05, 3.63) is 30.2 Å². The highest BCUT2D eigenvalue weighted by Crippen LogP contribution is 2.23. The number of hydrogen-bond acceptors (Lipinski definition) is 7. The van der Waals surface area contributed by atoms with Gasteiger partial charge in [-0.25, -0.2) is 0 Å². The number of carbonyl (C=O) groups excluding carboxylic acids is 1. The van der Waals surface area contributed by atoms with E-state index in [1.165, 1.54) is 0 Å². The van der Waals surface area contributed by atoms with Gasteiger partial charge in [-0.2, -0.15) is 4.98 Å². The zero-order valence-corrected chi connectivity index (χ0v) is 15.6. The minimum Gasteiger partial charge on any atom is -0.494 e. The minimum atomic E-state index is -0.970. The number of aromatic nitrogens is 2. The van der Waals surface area contributed by atoms with Gasteiger partial charge in [-0.15, -0.1) is 0 Å². The molecule has 1 saturated heterocycles. The van der Waals surface area contributed by atoms with Crippen molar-refractivity contribution < 1.29 is 28.7 Å². The van der Waals surface area contributed by atoms with Crippen LogP contribution in [0.3, 0.4) is 0 Å². The second-order valence-electron chi connectivity index (χ2n) is 6.67. The van der Waals surface area contributed by atoms with Crippen LogP contribution in [0.2, 0.25) is 0 Å². The van der Waals surface area contributed by atoms with E-state index in [0.29, 0.717) is 31.3 Å². The van der Waals surface area contributed by atoms with Crippen molar-refractivity contribution >= 4 is 11.9 Å². The van der Waals surface area contributed by atoms with Gasteiger partial charge in [0.05, 0.1) is 25.2 Å². The second kappa shape index (κ2) is 8.83. The normalized spacial score (nSPS) is 18.8. The van der Waals surface area contributed by atoms with E-state index in [1.807, 2.05) is 31.2 Å². The molecule has 0 radical (unpaired) electrons. The summed E-state index contributed by atoms with van der Waals surface area (Å²) in [4.78, 5) is 27.6. The SMILES string of the molecule is CCOc1ccc(-c2noc(CCC(=O)NC3(CC(=O)O)CCOC3)n2)cc1. The Kier molecular flexibility index (Phi) is 6.25. The number of carboxylic acid groups (broad SMARTS) is 1. The van der Waals surface area contributed by atoms with Crippen LogP contribution in [0.1, 0.15) is 32.1 Å². The van der Waals surface area contributed by atoms with Gasteiger partial charge in [0, 0.05) is 25.0 Å². The molecule has 1 unspecified atom stereocenters. The van der Waals surface area contributed by atoms with Crippen LogP contribution in [-0.4, -0.2) is 52.5 Å². The molecule has 0 spiro atoms. The number of amides is 1. The minimum absolute atomic E-state index is 0.117. The summed E-state index contributed by atoms with van der Waals surface area (Å²) in [6, 6.07) is 7.33. The van der Waals surface area contributed by atoms with Gasteiger partial charge in [0.25, 0.3) is 0 Å². The predicted molar refractivity (Wildman–Crippen MR) is 97.8 cm³/mol. The first-order valence-electron chi connectivity index (χ1n) is 9.16. The lowest BCUT2D eigenvalue weighted by molar-refractivity contribution is -0.139. The monoisotopic (exact) mass is 389 g/mol.